The first-order chi connectivity index (χ1) is 7.33. The molecule has 0 aliphatic carbocycles. The van der Waals surface area contributed by atoms with Gasteiger partial charge in [-0.2, -0.15) is 5.10 Å². The molecule has 0 aliphatic rings. The highest BCUT2D eigenvalue weighted by atomic mass is 15.3. The molecule has 74 valence electrons. The highest BCUT2D eigenvalue weighted by Crippen LogP contribution is 2.21. The van der Waals surface area contributed by atoms with Crippen molar-refractivity contribution in [3.63, 3.8) is 0 Å². The van der Waals surface area contributed by atoms with Crippen LogP contribution in [0.1, 0.15) is 18.4 Å². The van der Waals surface area contributed by atoms with E-state index in [1.807, 2.05) is 48.1 Å². The number of aromatic nitrogens is 2. The van der Waals surface area contributed by atoms with Gasteiger partial charge in [-0.3, -0.25) is 0 Å². The van der Waals surface area contributed by atoms with E-state index in [4.69, 9.17) is 6.42 Å². The summed E-state index contributed by atoms with van der Waals surface area (Å²) < 4.78 is 1.84. The van der Waals surface area contributed by atoms with Gasteiger partial charge >= 0.3 is 0 Å². The van der Waals surface area contributed by atoms with Crippen molar-refractivity contribution >= 4 is 0 Å². The lowest BCUT2D eigenvalue weighted by atomic mass is 10.0. The van der Waals surface area contributed by atoms with Gasteiger partial charge in [0, 0.05) is 18.3 Å². The molecule has 0 saturated carbocycles. The molecule has 1 aromatic heterocycles. The largest absolute Gasteiger partial charge is 0.241 e. The first-order valence-electron chi connectivity index (χ1n) is 4.88. The zero-order valence-electron chi connectivity index (χ0n) is 8.59. The van der Waals surface area contributed by atoms with E-state index in [0.29, 0.717) is 0 Å². The minimum atomic E-state index is 0.102. The van der Waals surface area contributed by atoms with Crippen molar-refractivity contribution in [1.82, 2.24) is 9.78 Å². The number of nitrogens with zero attached hydrogens (tertiary/aromatic N) is 2. The summed E-state index contributed by atoms with van der Waals surface area (Å²) >= 11 is 0. The Morgan fingerprint density at radius 3 is 2.80 bits per heavy atom. The predicted molar refractivity (Wildman–Crippen MR) is 60.8 cm³/mol. The molecule has 1 atom stereocenters. The van der Waals surface area contributed by atoms with Gasteiger partial charge in [-0.1, -0.05) is 24.1 Å². The Morgan fingerprint density at radius 1 is 1.33 bits per heavy atom. The number of rotatable bonds is 2. The SMILES string of the molecule is C#CC(C)c1ccccc1-n1cccn1. The monoisotopic (exact) mass is 196 g/mol. The highest BCUT2D eigenvalue weighted by molar-refractivity contribution is 5.44. The molecule has 15 heavy (non-hydrogen) atoms. The minimum Gasteiger partial charge on any atom is -0.241 e. The molecule has 0 bridgehead atoms. The Bertz CT molecular complexity index is 477. The second-order valence-corrected chi connectivity index (χ2v) is 3.40. The van der Waals surface area contributed by atoms with Gasteiger partial charge in [-0.05, 0) is 24.6 Å². The van der Waals surface area contributed by atoms with Crippen molar-refractivity contribution in [1.29, 1.82) is 0 Å². The lowest BCUT2D eigenvalue weighted by Gasteiger charge is -2.11. The maximum absolute atomic E-state index is 5.45. The summed E-state index contributed by atoms with van der Waals surface area (Å²) in [5.41, 5.74) is 2.18. The standard InChI is InChI=1S/C13H12N2/c1-3-11(2)12-7-4-5-8-13(12)15-10-6-9-14-15/h1,4-11H,2H3. The van der Waals surface area contributed by atoms with Gasteiger partial charge in [0.1, 0.15) is 0 Å². The predicted octanol–water partition coefficient (Wildman–Crippen LogP) is 2.61. The topological polar surface area (TPSA) is 17.8 Å². The molecule has 0 amide bonds. The number of hydrogen-bond acceptors (Lipinski definition) is 1. The quantitative estimate of drug-likeness (QED) is 0.675. The van der Waals surface area contributed by atoms with Crippen LogP contribution in [-0.2, 0) is 0 Å². The Labute approximate surface area is 89.6 Å². The van der Waals surface area contributed by atoms with Crippen molar-refractivity contribution in [3.05, 3.63) is 48.3 Å². The van der Waals surface area contributed by atoms with Crippen LogP contribution in [0.25, 0.3) is 5.69 Å². The average molecular weight is 196 g/mol. The lowest BCUT2D eigenvalue weighted by Crippen LogP contribution is -2.01. The molecule has 0 aliphatic heterocycles. The molecular formula is C13H12N2. The highest BCUT2D eigenvalue weighted by Gasteiger charge is 2.08. The van der Waals surface area contributed by atoms with E-state index in [0.717, 1.165) is 11.3 Å². The molecule has 0 saturated heterocycles. The molecule has 1 aromatic carbocycles. The van der Waals surface area contributed by atoms with Gasteiger partial charge in [-0.15, -0.1) is 6.42 Å². The van der Waals surface area contributed by atoms with Crippen LogP contribution in [0.3, 0.4) is 0 Å². The van der Waals surface area contributed by atoms with Crippen LogP contribution in [0.15, 0.2) is 42.7 Å². The van der Waals surface area contributed by atoms with Crippen molar-refractivity contribution < 1.29 is 0 Å². The number of para-hydroxylation sites is 1. The van der Waals surface area contributed by atoms with Crippen LogP contribution < -0.4 is 0 Å². The van der Waals surface area contributed by atoms with Crippen LogP contribution in [0.4, 0.5) is 0 Å². The molecule has 2 heteroatoms. The van der Waals surface area contributed by atoms with Crippen LogP contribution in [-0.4, -0.2) is 9.78 Å². The van der Waals surface area contributed by atoms with E-state index >= 15 is 0 Å². The zero-order chi connectivity index (χ0) is 10.7. The van der Waals surface area contributed by atoms with Gasteiger partial charge in [0.05, 0.1) is 5.69 Å². The third-order valence-electron chi connectivity index (χ3n) is 2.40. The fourth-order valence-corrected chi connectivity index (χ4v) is 1.56. The van der Waals surface area contributed by atoms with Gasteiger partial charge in [0.15, 0.2) is 0 Å². The first kappa shape index (κ1) is 9.54. The van der Waals surface area contributed by atoms with Crippen LogP contribution in [0.5, 0.6) is 0 Å². The Hall–Kier alpha value is -2.01. The average Bonchev–Trinajstić information content (AvgIpc) is 2.81. The van der Waals surface area contributed by atoms with Crippen molar-refractivity contribution in [2.75, 3.05) is 0 Å². The molecule has 0 N–H and O–H groups in total. The molecule has 1 heterocycles. The number of hydrogen-bond donors (Lipinski definition) is 0. The summed E-state index contributed by atoms with van der Waals surface area (Å²) in [4.78, 5) is 0. The van der Waals surface area contributed by atoms with E-state index in [1.165, 1.54) is 0 Å². The van der Waals surface area contributed by atoms with Gasteiger partial charge in [0.2, 0.25) is 0 Å². The van der Waals surface area contributed by atoms with E-state index < -0.39 is 0 Å². The summed E-state index contributed by atoms with van der Waals surface area (Å²) in [5.74, 6) is 2.84. The van der Waals surface area contributed by atoms with Crippen LogP contribution in [0.2, 0.25) is 0 Å². The van der Waals surface area contributed by atoms with E-state index in [-0.39, 0.29) is 5.92 Å². The van der Waals surface area contributed by atoms with E-state index in [2.05, 4.69) is 11.0 Å². The Morgan fingerprint density at radius 2 is 2.13 bits per heavy atom. The molecule has 1 unspecified atom stereocenters. The normalized spacial score (nSPS) is 12.0. The summed E-state index contributed by atoms with van der Waals surface area (Å²) in [6, 6.07) is 9.95. The molecule has 2 rings (SSSR count). The third-order valence-corrected chi connectivity index (χ3v) is 2.40. The summed E-state index contributed by atoms with van der Waals surface area (Å²) in [5, 5.41) is 4.21. The molecular weight excluding hydrogens is 184 g/mol. The second-order valence-electron chi connectivity index (χ2n) is 3.40. The Kier molecular flexibility index (Phi) is 2.55. The molecule has 2 aromatic rings. The number of terminal acetylenes is 1. The van der Waals surface area contributed by atoms with Crippen LogP contribution in [0, 0.1) is 12.3 Å². The first-order valence-corrected chi connectivity index (χ1v) is 4.88. The summed E-state index contributed by atoms with van der Waals surface area (Å²) in [7, 11) is 0. The maximum atomic E-state index is 5.45. The fraction of sp³-hybridized carbons (Fsp3) is 0.154. The third kappa shape index (κ3) is 1.77. The molecule has 2 nitrogen and oxygen atoms in total. The fourth-order valence-electron chi connectivity index (χ4n) is 1.56. The van der Waals surface area contributed by atoms with Gasteiger partial charge in [0.25, 0.3) is 0 Å². The number of benzene rings is 1. The molecule has 0 fully saturated rings. The molecule has 0 radical (unpaired) electrons. The maximum Gasteiger partial charge on any atom is 0.0689 e. The molecule has 0 spiro atoms. The van der Waals surface area contributed by atoms with Gasteiger partial charge in [-0.25, -0.2) is 4.68 Å². The smallest absolute Gasteiger partial charge is 0.0689 e. The van der Waals surface area contributed by atoms with Crippen molar-refractivity contribution in [3.8, 4) is 18.0 Å². The summed E-state index contributed by atoms with van der Waals surface area (Å²) in [6.45, 7) is 2.02. The second kappa shape index (κ2) is 4.02. The lowest BCUT2D eigenvalue weighted by molar-refractivity contribution is 0.849. The minimum absolute atomic E-state index is 0.102. The van der Waals surface area contributed by atoms with E-state index in [9.17, 15) is 0 Å². The van der Waals surface area contributed by atoms with Crippen molar-refractivity contribution in [2.24, 2.45) is 0 Å². The van der Waals surface area contributed by atoms with Crippen molar-refractivity contribution in [2.45, 2.75) is 12.8 Å². The van der Waals surface area contributed by atoms with Crippen LogP contribution >= 0.6 is 0 Å². The summed E-state index contributed by atoms with van der Waals surface area (Å²) in [6.07, 6.45) is 9.13. The van der Waals surface area contributed by atoms with Gasteiger partial charge < -0.3 is 0 Å². The van der Waals surface area contributed by atoms with E-state index in [1.54, 1.807) is 6.20 Å². The zero-order valence-corrected chi connectivity index (χ0v) is 8.59. The Balaban J connectivity index is 2.53.